The maximum atomic E-state index is 11.9. The fraction of sp³-hybridized carbons (Fsp3) is 0.700. The van der Waals surface area contributed by atoms with Crippen molar-refractivity contribution in [2.24, 2.45) is 11.8 Å². The Kier molecular flexibility index (Phi) is 1.81. The Labute approximate surface area is 86.7 Å². The van der Waals surface area contributed by atoms with Crippen LogP contribution in [0.2, 0.25) is 0 Å². The van der Waals surface area contributed by atoms with E-state index in [2.05, 4.69) is 12.2 Å². The van der Waals surface area contributed by atoms with Crippen molar-refractivity contribution in [1.82, 2.24) is 0 Å². The molecule has 1 spiro atoms. The molecule has 0 radical (unpaired) electrons. The van der Waals surface area contributed by atoms with Crippen LogP contribution in [0, 0.1) is 11.8 Å². The van der Waals surface area contributed by atoms with Crippen molar-refractivity contribution in [2.75, 3.05) is 11.5 Å². The summed E-state index contributed by atoms with van der Waals surface area (Å²) in [6, 6.07) is 0. The van der Waals surface area contributed by atoms with E-state index in [1.54, 1.807) is 0 Å². The zero-order valence-corrected chi connectivity index (χ0v) is 9.00. The first-order chi connectivity index (χ1) is 6.34. The highest BCUT2D eigenvalue weighted by molar-refractivity contribution is 8.20. The SMILES string of the molecule is O=C1C2CC=CC2C12SCCCS2. The summed E-state index contributed by atoms with van der Waals surface area (Å²) in [5, 5.41) is 0. The Balaban J connectivity index is 1.89. The fourth-order valence-corrected chi connectivity index (χ4v) is 6.18. The molecule has 1 saturated carbocycles. The van der Waals surface area contributed by atoms with E-state index in [1.807, 2.05) is 23.5 Å². The molecule has 13 heavy (non-hydrogen) atoms. The van der Waals surface area contributed by atoms with Gasteiger partial charge in [0.15, 0.2) is 5.78 Å². The number of carbonyl (C=O) groups excluding carboxylic acids is 1. The van der Waals surface area contributed by atoms with Crippen molar-refractivity contribution >= 4 is 29.3 Å². The summed E-state index contributed by atoms with van der Waals surface area (Å²) in [6.45, 7) is 0. The number of carbonyl (C=O) groups is 1. The lowest BCUT2D eigenvalue weighted by atomic mass is 9.73. The third-order valence-corrected chi connectivity index (χ3v) is 6.70. The lowest BCUT2D eigenvalue weighted by Gasteiger charge is -2.50. The predicted molar refractivity (Wildman–Crippen MR) is 58.0 cm³/mol. The van der Waals surface area contributed by atoms with Crippen LogP contribution >= 0.6 is 23.5 Å². The second-order valence-electron chi connectivity index (χ2n) is 3.88. The van der Waals surface area contributed by atoms with Crippen molar-refractivity contribution in [3.63, 3.8) is 0 Å². The Bertz CT molecular complexity index is 279. The van der Waals surface area contributed by atoms with E-state index in [1.165, 1.54) is 17.9 Å². The van der Waals surface area contributed by atoms with Crippen LogP contribution in [0.25, 0.3) is 0 Å². The molecule has 2 aliphatic carbocycles. The molecule has 1 aliphatic heterocycles. The van der Waals surface area contributed by atoms with Crippen LogP contribution in [-0.2, 0) is 4.79 Å². The molecule has 0 amide bonds. The first kappa shape index (κ1) is 8.42. The van der Waals surface area contributed by atoms with E-state index in [0.717, 1.165) is 6.42 Å². The van der Waals surface area contributed by atoms with Gasteiger partial charge in [0.2, 0.25) is 0 Å². The summed E-state index contributed by atoms with van der Waals surface area (Å²) in [4.78, 5) is 11.9. The number of thioether (sulfide) groups is 2. The molecule has 3 aliphatic rings. The van der Waals surface area contributed by atoms with E-state index in [9.17, 15) is 4.79 Å². The van der Waals surface area contributed by atoms with Gasteiger partial charge in [-0.25, -0.2) is 0 Å². The van der Waals surface area contributed by atoms with Crippen molar-refractivity contribution in [2.45, 2.75) is 16.9 Å². The minimum absolute atomic E-state index is 0.0318. The van der Waals surface area contributed by atoms with Crippen molar-refractivity contribution in [3.05, 3.63) is 12.2 Å². The van der Waals surface area contributed by atoms with Crippen molar-refractivity contribution in [3.8, 4) is 0 Å². The lowest BCUT2D eigenvalue weighted by Crippen LogP contribution is -2.58. The van der Waals surface area contributed by atoms with Gasteiger partial charge in [0.05, 0.1) is 0 Å². The van der Waals surface area contributed by atoms with E-state index in [0.29, 0.717) is 17.6 Å². The quantitative estimate of drug-likeness (QED) is 0.574. The first-order valence-corrected chi connectivity index (χ1v) is 6.80. The van der Waals surface area contributed by atoms with Crippen LogP contribution in [0.3, 0.4) is 0 Å². The number of hydrogen-bond donors (Lipinski definition) is 0. The van der Waals surface area contributed by atoms with Gasteiger partial charge in [-0.05, 0) is 24.3 Å². The summed E-state index contributed by atoms with van der Waals surface area (Å²) in [5.41, 5.74) is 0. The van der Waals surface area contributed by atoms with Crippen molar-refractivity contribution in [1.29, 1.82) is 0 Å². The summed E-state index contributed by atoms with van der Waals surface area (Å²) in [6.07, 6.45) is 6.74. The molecule has 0 N–H and O–H groups in total. The van der Waals surface area contributed by atoms with E-state index < -0.39 is 0 Å². The number of rotatable bonds is 0. The van der Waals surface area contributed by atoms with Crippen LogP contribution in [0.4, 0.5) is 0 Å². The molecular weight excluding hydrogens is 200 g/mol. The monoisotopic (exact) mass is 212 g/mol. The Morgan fingerprint density at radius 2 is 2.15 bits per heavy atom. The van der Waals surface area contributed by atoms with Gasteiger partial charge < -0.3 is 0 Å². The molecule has 1 saturated heterocycles. The van der Waals surface area contributed by atoms with Crippen LogP contribution in [-0.4, -0.2) is 21.4 Å². The standard InChI is InChI=1S/C10H12OS2/c11-9-7-3-1-4-8(7)10(9)12-5-2-6-13-10/h1,4,7-8H,2-3,5-6H2. The Morgan fingerprint density at radius 1 is 1.38 bits per heavy atom. The molecule has 70 valence electrons. The molecule has 2 fully saturated rings. The van der Waals surface area contributed by atoms with E-state index in [-0.39, 0.29) is 4.08 Å². The number of hydrogen-bond acceptors (Lipinski definition) is 3. The Morgan fingerprint density at radius 3 is 2.92 bits per heavy atom. The minimum atomic E-state index is -0.0318. The van der Waals surface area contributed by atoms with Crippen LogP contribution < -0.4 is 0 Å². The normalized spacial score (nSPS) is 40.5. The third-order valence-electron chi connectivity index (χ3n) is 3.21. The number of ketones is 1. The largest absolute Gasteiger partial charge is 0.297 e. The lowest BCUT2D eigenvalue weighted by molar-refractivity contribution is -0.132. The molecule has 3 rings (SSSR count). The molecule has 0 aromatic heterocycles. The molecular formula is C10H12OS2. The maximum absolute atomic E-state index is 11.9. The number of Topliss-reactive ketones (excluding diaryl/α,β-unsaturated/α-hetero) is 1. The van der Waals surface area contributed by atoms with Gasteiger partial charge in [-0.2, -0.15) is 0 Å². The third kappa shape index (κ3) is 0.949. The highest BCUT2D eigenvalue weighted by atomic mass is 32.2. The van der Waals surface area contributed by atoms with Gasteiger partial charge in [-0.15, -0.1) is 23.5 Å². The average molecular weight is 212 g/mol. The Hall–Kier alpha value is 0.110. The molecule has 1 nitrogen and oxygen atoms in total. The molecule has 3 heteroatoms. The molecule has 2 atom stereocenters. The summed E-state index contributed by atoms with van der Waals surface area (Å²) >= 11 is 3.80. The van der Waals surface area contributed by atoms with Gasteiger partial charge in [-0.1, -0.05) is 12.2 Å². The van der Waals surface area contributed by atoms with E-state index >= 15 is 0 Å². The van der Waals surface area contributed by atoms with Crippen LogP contribution in [0.1, 0.15) is 12.8 Å². The molecule has 0 aromatic rings. The smallest absolute Gasteiger partial charge is 0.163 e. The van der Waals surface area contributed by atoms with Gasteiger partial charge >= 0.3 is 0 Å². The number of fused-ring (bicyclic) bond motifs is 2. The average Bonchev–Trinajstić information content (AvgIpc) is 2.64. The maximum Gasteiger partial charge on any atom is 0.163 e. The highest BCUT2D eigenvalue weighted by Gasteiger charge is 2.62. The molecule has 0 aromatic carbocycles. The summed E-state index contributed by atoms with van der Waals surface area (Å²) < 4.78 is -0.0318. The molecule has 0 bridgehead atoms. The van der Waals surface area contributed by atoms with Gasteiger partial charge in [0, 0.05) is 11.8 Å². The first-order valence-electron chi connectivity index (χ1n) is 4.83. The van der Waals surface area contributed by atoms with Crippen LogP contribution in [0.15, 0.2) is 12.2 Å². The topological polar surface area (TPSA) is 17.1 Å². The molecule has 1 heterocycles. The van der Waals surface area contributed by atoms with Crippen LogP contribution in [0.5, 0.6) is 0 Å². The minimum Gasteiger partial charge on any atom is -0.297 e. The molecule has 2 unspecified atom stereocenters. The second kappa shape index (κ2) is 2.80. The summed E-state index contributed by atoms with van der Waals surface area (Å²) in [5.74, 6) is 3.80. The van der Waals surface area contributed by atoms with Crippen molar-refractivity contribution < 1.29 is 4.79 Å². The number of allylic oxidation sites excluding steroid dienone is 2. The summed E-state index contributed by atoms with van der Waals surface area (Å²) in [7, 11) is 0. The van der Waals surface area contributed by atoms with Gasteiger partial charge in [0.1, 0.15) is 4.08 Å². The zero-order valence-electron chi connectivity index (χ0n) is 7.36. The second-order valence-corrected chi connectivity index (χ2v) is 6.82. The fourth-order valence-electron chi connectivity index (χ4n) is 2.52. The van der Waals surface area contributed by atoms with E-state index in [4.69, 9.17) is 0 Å². The van der Waals surface area contributed by atoms with Gasteiger partial charge in [-0.3, -0.25) is 4.79 Å². The predicted octanol–water partition coefficient (Wildman–Crippen LogP) is 2.33. The van der Waals surface area contributed by atoms with Gasteiger partial charge in [0.25, 0.3) is 0 Å². The highest BCUT2D eigenvalue weighted by Crippen LogP contribution is 2.62. The zero-order chi connectivity index (χ0) is 8.89.